The Morgan fingerprint density at radius 3 is 1.16 bits per heavy atom. The number of nitrogens with two attached hydrogens (primary N) is 2. The van der Waals surface area contributed by atoms with Gasteiger partial charge in [-0.1, -0.05) is 245 Å². The molecule has 1 aliphatic carbocycles. The van der Waals surface area contributed by atoms with Crippen LogP contribution in [0.5, 0.6) is 0 Å². The summed E-state index contributed by atoms with van der Waals surface area (Å²) in [5.74, 6) is 0. The van der Waals surface area contributed by atoms with Gasteiger partial charge in [-0.15, -0.1) is 5.69 Å². The molecule has 0 atom stereocenters. The first-order valence-electron chi connectivity index (χ1n) is 30.9. The summed E-state index contributed by atoms with van der Waals surface area (Å²) in [6.07, 6.45) is 4.27. The smallest absolute Gasteiger partial charge is 0.699 e. The first-order chi connectivity index (χ1) is 39.0. The summed E-state index contributed by atoms with van der Waals surface area (Å²) in [6.45, 7) is 61.3. The standard InChI is InChI=1S/2C36H52N4.C6H6.Ni/c2*1-21-15-27(39-29-19-23(33(3,4)5)17-25(31(29)37)35(9,10)11)28(16-22(21)2)40-30-20-24(34(6,7)8)18-26(32(30)38)36(12,13)14;1-2-4-6-5-3-1;/h2*15-20,37,40H,38H2,1-14H3;1-6H;/q;-2;;+2. The molecular formula is C78H110N8Ni. The van der Waals surface area contributed by atoms with Crippen LogP contribution in [0.3, 0.4) is 0 Å². The summed E-state index contributed by atoms with van der Waals surface area (Å²) in [5.41, 5.74) is 44.9. The molecule has 8 N–H and O–H groups in total. The molecule has 6 aromatic rings. The maximum absolute atomic E-state index is 9.13. The zero-order valence-electron chi connectivity index (χ0n) is 58.8. The second kappa shape index (κ2) is 26.6. The van der Waals surface area contributed by atoms with Crippen LogP contribution in [0.25, 0.3) is 11.1 Å². The number of anilines is 6. The predicted octanol–water partition coefficient (Wildman–Crippen LogP) is 23.8. The molecule has 7 rings (SSSR count). The van der Waals surface area contributed by atoms with Crippen LogP contribution in [0.15, 0.2) is 125 Å². The SMILES string of the molecule is Cc1cc(N=C2C=C(C(C)(C)C)C=C(C(C)(C)C)C2=N)c(Nc2cc(C(C)(C)C)cc(C(C)(C)C)c2N)cc1C.Cc1cc([N-]c2cc(C(C)(C)C)cc(C(C)(C)C)c2[NH-])c(Nc2cc(C(C)(C)C)cc(C(C)(C)C)c2N)cc1C.[Ni+2].c1ccccc1. The average molecular weight is 1220 g/mol. The molecule has 1 aliphatic rings. The number of rotatable bonds is 7. The van der Waals surface area contributed by atoms with E-state index in [9.17, 15) is 0 Å². The minimum Gasteiger partial charge on any atom is -0.699 e. The van der Waals surface area contributed by atoms with E-state index in [2.05, 4.69) is 277 Å². The number of nitrogen functional groups attached to an aromatic ring is 2. The van der Waals surface area contributed by atoms with Crippen molar-refractivity contribution in [1.29, 1.82) is 5.41 Å². The van der Waals surface area contributed by atoms with Crippen molar-refractivity contribution in [3.63, 3.8) is 0 Å². The summed E-state index contributed by atoms with van der Waals surface area (Å²) < 4.78 is 0. The first-order valence-corrected chi connectivity index (χ1v) is 30.9. The normalized spacial score (nSPS) is 14.0. The molecule has 0 saturated heterocycles. The topological polar surface area (TPSA) is 150 Å². The molecule has 87 heavy (non-hydrogen) atoms. The number of aliphatic imine (C=N–C) groups is 1. The molecule has 0 fully saturated rings. The van der Waals surface area contributed by atoms with E-state index in [0.29, 0.717) is 22.8 Å². The van der Waals surface area contributed by atoms with Gasteiger partial charge in [-0.25, -0.2) is 4.99 Å². The monoisotopic (exact) mass is 1220 g/mol. The van der Waals surface area contributed by atoms with Gasteiger partial charge in [0.05, 0.1) is 45.5 Å². The maximum atomic E-state index is 9.13. The molecule has 0 aromatic heterocycles. The fraction of sp³-hybridized carbons (Fsp3) is 0.462. The maximum Gasteiger partial charge on any atom is 2.00 e. The van der Waals surface area contributed by atoms with Gasteiger partial charge in [0.25, 0.3) is 0 Å². The number of hydrogen-bond donors (Lipinski definition) is 5. The van der Waals surface area contributed by atoms with E-state index in [-0.39, 0.29) is 59.8 Å². The Balaban J connectivity index is 0.000000335. The van der Waals surface area contributed by atoms with Gasteiger partial charge in [0, 0.05) is 5.69 Å². The molecule has 0 heterocycles. The average Bonchev–Trinajstić information content (AvgIpc) is 1.14. The molecule has 6 aromatic carbocycles. The Morgan fingerprint density at radius 2 is 0.770 bits per heavy atom. The molecule has 0 radical (unpaired) electrons. The second-order valence-electron chi connectivity index (χ2n) is 32.3. The molecule has 8 nitrogen and oxygen atoms in total. The van der Waals surface area contributed by atoms with Crippen molar-refractivity contribution in [2.24, 2.45) is 15.8 Å². The minimum atomic E-state index is -0.169. The van der Waals surface area contributed by atoms with Gasteiger partial charge in [0.2, 0.25) is 0 Å². The third kappa shape index (κ3) is 18.7. The van der Waals surface area contributed by atoms with Gasteiger partial charge < -0.3 is 33.2 Å². The molecule has 0 saturated carbocycles. The van der Waals surface area contributed by atoms with Crippen LogP contribution in [-0.2, 0) is 49.0 Å². The minimum absolute atomic E-state index is 0. The number of nitrogens with zero attached hydrogens (tertiary/aromatic N) is 2. The Hall–Kier alpha value is -6.57. The summed E-state index contributed by atoms with van der Waals surface area (Å²) >= 11 is 0. The summed E-state index contributed by atoms with van der Waals surface area (Å²) in [5, 5.41) is 21.7. The summed E-state index contributed by atoms with van der Waals surface area (Å²) in [4.78, 5) is 5.17. The number of aryl methyl sites for hydroxylation is 4. The molecule has 0 spiro atoms. The van der Waals surface area contributed by atoms with Crippen LogP contribution in [0.2, 0.25) is 0 Å². The van der Waals surface area contributed by atoms with Crippen molar-refractivity contribution >= 4 is 68.3 Å². The zero-order chi connectivity index (χ0) is 65.4. The van der Waals surface area contributed by atoms with Gasteiger partial charge in [0.15, 0.2) is 0 Å². The molecule has 472 valence electrons. The van der Waals surface area contributed by atoms with Gasteiger partial charge in [-0.05, 0) is 169 Å². The molecule has 0 aliphatic heterocycles. The molecule has 0 bridgehead atoms. The van der Waals surface area contributed by atoms with Crippen LogP contribution >= 0.6 is 0 Å². The summed E-state index contributed by atoms with van der Waals surface area (Å²) in [6, 6.07) is 33.7. The van der Waals surface area contributed by atoms with E-state index in [0.717, 1.165) is 78.9 Å². The van der Waals surface area contributed by atoms with Crippen molar-refractivity contribution in [2.45, 2.75) is 226 Å². The Bertz CT molecular complexity index is 3400. The molecular weight excluding hydrogens is 1110 g/mol. The number of hydrogen-bond acceptors (Lipinski definition) is 6. The quantitative estimate of drug-likeness (QED) is 0.0614. The largest absolute Gasteiger partial charge is 2.00 e. The zero-order valence-corrected chi connectivity index (χ0v) is 59.7. The van der Waals surface area contributed by atoms with E-state index >= 15 is 0 Å². The second-order valence-corrected chi connectivity index (χ2v) is 32.3. The predicted molar refractivity (Wildman–Crippen MR) is 382 cm³/mol. The van der Waals surface area contributed by atoms with Crippen molar-refractivity contribution in [1.82, 2.24) is 0 Å². The van der Waals surface area contributed by atoms with Gasteiger partial charge in [-0.3, -0.25) is 5.41 Å². The van der Waals surface area contributed by atoms with Crippen LogP contribution in [0.1, 0.15) is 222 Å². The third-order valence-corrected chi connectivity index (χ3v) is 16.2. The van der Waals surface area contributed by atoms with Crippen molar-refractivity contribution in [3.8, 4) is 0 Å². The van der Waals surface area contributed by atoms with Gasteiger partial charge >= 0.3 is 16.5 Å². The third-order valence-electron chi connectivity index (χ3n) is 16.2. The molecule has 9 heteroatoms. The van der Waals surface area contributed by atoms with E-state index in [4.69, 9.17) is 32.9 Å². The van der Waals surface area contributed by atoms with E-state index in [1.54, 1.807) is 0 Å². The molecule has 0 unspecified atom stereocenters. The number of nitrogens with one attached hydrogen (secondary N) is 4. The van der Waals surface area contributed by atoms with Gasteiger partial charge in [-0.2, -0.15) is 11.4 Å². The van der Waals surface area contributed by atoms with Crippen LogP contribution in [0.4, 0.5) is 56.9 Å². The van der Waals surface area contributed by atoms with E-state index in [1.165, 1.54) is 33.4 Å². The number of allylic oxidation sites excluding steroid dienone is 4. The molecule has 0 amide bonds. The first kappa shape index (κ1) is 72.9. The van der Waals surface area contributed by atoms with Crippen LogP contribution < -0.4 is 22.1 Å². The van der Waals surface area contributed by atoms with E-state index in [1.807, 2.05) is 36.4 Å². The van der Waals surface area contributed by atoms with Crippen LogP contribution in [-0.4, -0.2) is 11.4 Å². The van der Waals surface area contributed by atoms with Crippen molar-refractivity contribution < 1.29 is 16.5 Å². The van der Waals surface area contributed by atoms with Crippen molar-refractivity contribution in [3.05, 3.63) is 187 Å². The Kier molecular flexibility index (Phi) is 22.3. The summed E-state index contributed by atoms with van der Waals surface area (Å²) in [7, 11) is 0. The van der Waals surface area contributed by atoms with E-state index < -0.39 is 0 Å². The fourth-order valence-electron chi connectivity index (χ4n) is 10.0. The van der Waals surface area contributed by atoms with Crippen LogP contribution in [0, 0.1) is 43.9 Å². The van der Waals surface area contributed by atoms with Crippen molar-refractivity contribution in [2.75, 3.05) is 22.1 Å². The fourth-order valence-corrected chi connectivity index (χ4v) is 10.0. The Morgan fingerprint density at radius 1 is 0.402 bits per heavy atom. The number of benzene rings is 6. The van der Waals surface area contributed by atoms with Gasteiger partial charge in [0.1, 0.15) is 0 Å². The Labute approximate surface area is 538 Å².